The van der Waals surface area contributed by atoms with Gasteiger partial charge in [0.15, 0.2) is 0 Å². The largest absolute Gasteiger partial charge is 0.338 e. The lowest BCUT2D eigenvalue weighted by molar-refractivity contribution is 0.217. The van der Waals surface area contributed by atoms with E-state index in [2.05, 4.69) is 5.32 Å². The molecule has 0 aliphatic rings. The molecule has 0 aromatic heterocycles. The number of hydrogen-bond acceptors (Lipinski definition) is 3. The van der Waals surface area contributed by atoms with Gasteiger partial charge in [0.25, 0.3) is 0 Å². The fraction of sp³-hybridized carbons (Fsp3) is 0.417. The van der Waals surface area contributed by atoms with E-state index in [4.69, 9.17) is 5.14 Å². The van der Waals surface area contributed by atoms with Crippen LogP contribution in [0.1, 0.15) is 12.0 Å². The van der Waals surface area contributed by atoms with Gasteiger partial charge in [-0.1, -0.05) is 12.1 Å². The SMILES string of the molecule is CN(C)C(=O)NCCCc1ccc(S(N)(=O)=O)cc1. The second-order valence-electron chi connectivity index (χ2n) is 4.42. The van der Waals surface area contributed by atoms with Crippen molar-refractivity contribution in [1.29, 1.82) is 0 Å². The summed E-state index contributed by atoms with van der Waals surface area (Å²) in [4.78, 5) is 12.8. The number of urea groups is 1. The summed E-state index contributed by atoms with van der Waals surface area (Å²) in [5, 5.41) is 7.77. The molecule has 2 amide bonds. The van der Waals surface area contributed by atoms with Gasteiger partial charge in [0, 0.05) is 20.6 Å². The van der Waals surface area contributed by atoms with Crippen molar-refractivity contribution in [3.8, 4) is 0 Å². The molecule has 0 saturated carbocycles. The molecule has 0 heterocycles. The van der Waals surface area contributed by atoms with Crippen LogP contribution in [0.3, 0.4) is 0 Å². The summed E-state index contributed by atoms with van der Waals surface area (Å²) in [6.45, 7) is 0.577. The van der Waals surface area contributed by atoms with Gasteiger partial charge >= 0.3 is 6.03 Å². The lowest BCUT2D eigenvalue weighted by atomic mass is 10.1. The molecule has 0 aliphatic heterocycles. The Morgan fingerprint density at radius 2 is 1.84 bits per heavy atom. The molecule has 0 fully saturated rings. The molecule has 0 bridgehead atoms. The fourth-order valence-electron chi connectivity index (χ4n) is 1.49. The Hall–Kier alpha value is -1.60. The third-order valence-corrected chi connectivity index (χ3v) is 3.51. The third kappa shape index (κ3) is 5.27. The highest BCUT2D eigenvalue weighted by molar-refractivity contribution is 7.89. The van der Waals surface area contributed by atoms with E-state index in [1.165, 1.54) is 17.0 Å². The molecule has 0 unspecified atom stereocenters. The first-order valence-corrected chi connectivity index (χ1v) is 7.42. The van der Waals surface area contributed by atoms with E-state index in [9.17, 15) is 13.2 Å². The molecule has 106 valence electrons. The summed E-state index contributed by atoms with van der Waals surface area (Å²) < 4.78 is 22.1. The van der Waals surface area contributed by atoms with Gasteiger partial charge in [-0.2, -0.15) is 0 Å². The normalized spacial score (nSPS) is 11.1. The number of hydrogen-bond donors (Lipinski definition) is 2. The zero-order chi connectivity index (χ0) is 14.5. The van der Waals surface area contributed by atoms with Crippen molar-refractivity contribution >= 4 is 16.1 Å². The number of amides is 2. The van der Waals surface area contributed by atoms with Gasteiger partial charge in [0.1, 0.15) is 0 Å². The predicted octanol–water partition coefficient (Wildman–Crippen LogP) is 0.538. The molecule has 0 aliphatic carbocycles. The van der Waals surface area contributed by atoms with E-state index in [0.29, 0.717) is 6.54 Å². The number of rotatable bonds is 5. The molecule has 6 nitrogen and oxygen atoms in total. The molecule has 0 spiro atoms. The number of primary sulfonamides is 1. The van der Waals surface area contributed by atoms with Crippen molar-refractivity contribution in [1.82, 2.24) is 10.2 Å². The second-order valence-corrected chi connectivity index (χ2v) is 5.98. The molecule has 0 saturated heterocycles. The van der Waals surface area contributed by atoms with Gasteiger partial charge in [0.05, 0.1) is 4.90 Å². The highest BCUT2D eigenvalue weighted by atomic mass is 32.2. The Morgan fingerprint density at radius 1 is 1.26 bits per heavy atom. The van der Waals surface area contributed by atoms with Crippen molar-refractivity contribution in [2.45, 2.75) is 17.7 Å². The minimum atomic E-state index is -3.63. The van der Waals surface area contributed by atoms with Gasteiger partial charge in [-0.3, -0.25) is 0 Å². The number of carbonyl (C=O) groups excluding carboxylic acids is 1. The first-order chi connectivity index (χ1) is 8.80. The van der Waals surface area contributed by atoms with E-state index in [-0.39, 0.29) is 10.9 Å². The summed E-state index contributed by atoms with van der Waals surface area (Å²) in [6.07, 6.45) is 1.55. The number of nitrogens with zero attached hydrogens (tertiary/aromatic N) is 1. The van der Waals surface area contributed by atoms with E-state index in [1.807, 2.05) is 0 Å². The van der Waals surface area contributed by atoms with Gasteiger partial charge in [-0.15, -0.1) is 0 Å². The number of sulfonamides is 1. The van der Waals surface area contributed by atoms with E-state index in [0.717, 1.165) is 18.4 Å². The number of aryl methyl sites for hydroxylation is 1. The van der Waals surface area contributed by atoms with E-state index < -0.39 is 10.0 Å². The van der Waals surface area contributed by atoms with Crippen LogP contribution in [-0.2, 0) is 16.4 Å². The zero-order valence-electron chi connectivity index (χ0n) is 11.1. The lowest BCUT2D eigenvalue weighted by Crippen LogP contribution is -2.35. The Balaban J connectivity index is 2.41. The molecule has 19 heavy (non-hydrogen) atoms. The van der Waals surface area contributed by atoms with Gasteiger partial charge < -0.3 is 10.2 Å². The third-order valence-electron chi connectivity index (χ3n) is 2.58. The van der Waals surface area contributed by atoms with Crippen LogP contribution in [0.25, 0.3) is 0 Å². The lowest BCUT2D eigenvalue weighted by Gasteiger charge is -2.11. The number of nitrogens with one attached hydrogen (secondary N) is 1. The molecule has 0 atom stereocenters. The topological polar surface area (TPSA) is 92.5 Å². The summed E-state index contributed by atoms with van der Waals surface area (Å²) in [5.74, 6) is 0. The molecule has 1 aromatic carbocycles. The number of carbonyl (C=O) groups is 1. The van der Waals surface area contributed by atoms with Crippen molar-refractivity contribution in [3.63, 3.8) is 0 Å². The maximum atomic E-state index is 11.2. The van der Waals surface area contributed by atoms with Crippen LogP contribution in [0.2, 0.25) is 0 Å². The van der Waals surface area contributed by atoms with Crippen LogP contribution >= 0.6 is 0 Å². The highest BCUT2D eigenvalue weighted by Crippen LogP contribution is 2.10. The average Bonchev–Trinajstić information content (AvgIpc) is 2.33. The van der Waals surface area contributed by atoms with Crippen LogP contribution < -0.4 is 10.5 Å². The van der Waals surface area contributed by atoms with Crippen molar-refractivity contribution in [3.05, 3.63) is 29.8 Å². The van der Waals surface area contributed by atoms with E-state index >= 15 is 0 Å². The Kier molecular flexibility index (Phi) is 5.31. The quantitative estimate of drug-likeness (QED) is 0.773. The molecule has 0 radical (unpaired) electrons. The Labute approximate surface area is 113 Å². The summed E-state index contributed by atoms with van der Waals surface area (Å²) in [6, 6.07) is 6.32. The minimum absolute atomic E-state index is 0.108. The molecule has 1 aromatic rings. The predicted molar refractivity (Wildman–Crippen MR) is 73.2 cm³/mol. The average molecular weight is 285 g/mol. The maximum Gasteiger partial charge on any atom is 0.316 e. The highest BCUT2D eigenvalue weighted by Gasteiger charge is 2.06. The number of nitrogens with two attached hydrogens (primary N) is 1. The number of benzene rings is 1. The Morgan fingerprint density at radius 3 is 2.32 bits per heavy atom. The van der Waals surface area contributed by atoms with Crippen LogP contribution in [-0.4, -0.2) is 40.0 Å². The second kappa shape index (κ2) is 6.53. The van der Waals surface area contributed by atoms with Crippen LogP contribution in [0, 0.1) is 0 Å². The first kappa shape index (κ1) is 15.5. The molecule has 1 rings (SSSR count). The monoisotopic (exact) mass is 285 g/mol. The smallest absolute Gasteiger partial charge is 0.316 e. The molecule has 3 N–H and O–H groups in total. The fourth-order valence-corrected chi connectivity index (χ4v) is 2.01. The van der Waals surface area contributed by atoms with Crippen LogP contribution in [0.4, 0.5) is 4.79 Å². The molecule has 7 heteroatoms. The zero-order valence-corrected chi connectivity index (χ0v) is 11.9. The van der Waals surface area contributed by atoms with Gasteiger partial charge in [0.2, 0.25) is 10.0 Å². The van der Waals surface area contributed by atoms with Gasteiger partial charge in [-0.05, 0) is 30.5 Å². The minimum Gasteiger partial charge on any atom is -0.338 e. The van der Waals surface area contributed by atoms with Gasteiger partial charge in [-0.25, -0.2) is 18.4 Å². The summed E-state index contributed by atoms with van der Waals surface area (Å²) in [7, 11) is -0.264. The summed E-state index contributed by atoms with van der Waals surface area (Å²) in [5.41, 5.74) is 1.01. The van der Waals surface area contributed by atoms with Crippen molar-refractivity contribution < 1.29 is 13.2 Å². The van der Waals surface area contributed by atoms with Crippen molar-refractivity contribution in [2.75, 3.05) is 20.6 Å². The standard InChI is InChI=1S/C12H19N3O3S/c1-15(2)12(16)14-9-3-4-10-5-7-11(8-6-10)19(13,17)18/h5-8H,3-4,9H2,1-2H3,(H,14,16)(H2,13,17,18). The Bertz CT molecular complexity index is 524. The summed E-state index contributed by atoms with van der Waals surface area (Å²) >= 11 is 0. The van der Waals surface area contributed by atoms with Crippen LogP contribution in [0.5, 0.6) is 0 Å². The molecular formula is C12H19N3O3S. The van der Waals surface area contributed by atoms with E-state index in [1.54, 1.807) is 26.2 Å². The first-order valence-electron chi connectivity index (χ1n) is 5.87. The maximum absolute atomic E-state index is 11.2. The van der Waals surface area contributed by atoms with Crippen molar-refractivity contribution in [2.24, 2.45) is 5.14 Å². The van der Waals surface area contributed by atoms with Crippen LogP contribution in [0.15, 0.2) is 29.2 Å². The molecular weight excluding hydrogens is 266 g/mol.